The molecule has 2 aromatic rings. The average molecular weight is 409 g/mol. The summed E-state index contributed by atoms with van der Waals surface area (Å²) in [6.07, 6.45) is 0. The second kappa shape index (κ2) is 11.6. The summed E-state index contributed by atoms with van der Waals surface area (Å²) in [6.45, 7) is 5.09. The van der Waals surface area contributed by atoms with Gasteiger partial charge in [-0.25, -0.2) is 4.79 Å². The lowest BCUT2D eigenvalue weighted by Gasteiger charge is -2.20. The summed E-state index contributed by atoms with van der Waals surface area (Å²) in [7, 11) is 0. The first-order valence-electron chi connectivity index (χ1n) is 9.84. The number of ketones is 1. The van der Waals surface area contributed by atoms with Crippen molar-refractivity contribution in [2.24, 2.45) is 5.92 Å². The van der Waals surface area contributed by atoms with Crippen LogP contribution in [0.1, 0.15) is 31.9 Å². The molecule has 1 unspecified atom stereocenters. The first kappa shape index (κ1) is 22.9. The van der Waals surface area contributed by atoms with Crippen LogP contribution < -0.4 is 5.32 Å². The Kier molecular flexibility index (Phi) is 8.81. The van der Waals surface area contributed by atoms with Crippen LogP contribution in [0.3, 0.4) is 0 Å². The van der Waals surface area contributed by atoms with Gasteiger partial charge in [-0.3, -0.25) is 9.59 Å². The summed E-state index contributed by atoms with van der Waals surface area (Å²) in [5, 5.41) is 3.09. The minimum atomic E-state index is -0.860. The van der Waals surface area contributed by atoms with Gasteiger partial charge in [0.05, 0.1) is 12.5 Å². The topological polar surface area (TPSA) is 81.7 Å². The van der Waals surface area contributed by atoms with E-state index in [4.69, 9.17) is 9.47 Å². The molecule has 0 saturated carbocycles. The van der Waals surface area contributed by atoms with E-state index in [1.54, 1.807) is 13.8 Å². The average Bonchev–Trinajstić information content (AvgIpc) is 2.75. The Morgan fingerprint density at radius 1 is 0.900 bits per heavy atom. The van der Waals surface area contributed by atoms with Gasteiger partial charge in [0.2, 0.25) is 0 Å². The van der Waals surface area contributed by atoms with Gasteiger partial charge >= 0.3 is 11.9 Å². The summed E-state index contributed by atoms with van der Waals surface area (Å²) in [6, 6.07) is 18.8. The molecule has 0 saturated heterocycles. The summed E-state index contributed by atoms with van der Waals surface area (Å²) < 4.78 is 10.5. The molecular weight excluding hydrogens is 382 g/mol. The molecule has 0 aromatic heterocycles. The molecule has 0 aliphatic rings. The Balaban J connectivity index is 2.27. The predicted octanol–water partition coefficient (Wildman–Crippen LogP) is 3.56. The standard InChI is InChI=1S/C24H27NO5/c1-4-29-24(28)21(18(3)26)22(25-15-19-11-7-5-8-12-19)17(2)23(27)30-16-20-13-9-6-10-14-20/h5-14,17,25H,4,15-16H2,1-3H3. The number of carbonyl (C=O) groups is 3. The molecule has 158 valence electrons. The van der Waals surface area contributed by atoms with Crippen molar-refractivity contribution >= 4 is 17.7 Å². The monoisotopic (exact) mass is 409 g/mol. The molecule has 0 fully saturated rings. The van der Waals surface area contributed by atoms with Gasteiger partial charge < -0.3 is 14.8 Å². The fourth-order valence-corrected chi connectivity index (χ4v) is 2.87. The smallest absolute Gasteiger partial charge is 0.343 e. The Hall–Kier alpha value is -3.41. The number of hydrogen-bond donors (Lipinski definition) is 1. The van der Waals surface area contributed by atoms with Crippen LogP contribution in [0.15, 0.2) is 71.9 Å². The van der Waals surface area contributed by atoms with Gasteiger partial charge in [-0.05, 0) is 31.9 Å². The van der Waals surface area contributed by atoms with E-state index in [1.165, 1.54) is 6.92 Å². The molecule has 2 rings (SSSR count). The van der Waals surface area contributed by atoms with Gasteiger partial charge in [0.1, 0.15) is 12.2 Å². The van der Waals surface area contributed by atoms with E-state index in [9.17, 15) is 14.4 Å². The molecule has 2 aromatic carbocycles. The number of ether oxygens (including phenoxy) is 2. The molecular formula is C24H27NO5. The van der Waals surface area contributed by atoms with E-state index >= 15 is 0 Å². The van der Waals surface area contributed by atoms with Crippen LogP contribution in [0.5, 0.6) is 0 Å². The number of rotatable bonds is 10. The number of carbonyl (C=O) groups excluding carboxylic acids is 3. The molecule has 6 heteroatoms. The van der Waals surface area contributed by atoms with Crippen LogP contribution in [0.2, 0.25) is 0 Å². The summed E-state index contributed by atoms with van der Waals surface area (Å²) in [5.41, 5.74) is 1.81. The number of hydrogen-bond acceptors (Lipinski definition) is 6. The lowest BCUT2D eigenvalue weighted by atomic mass is 9.99. The Morgan fingerprint density at radius 3 is 2.00 bits per heavy atom. The molecule has 0 heterocycles. The molecule has 0 spiro atoms. The van der Waals surface area contributed by atoms with E-state index in [1.807, 2.05) is 60.7 Å². The van der Waals surface area contributed by atoms with Gasteiger partial charge in [0.25, 0.3) is 0 Å². The molecule has 6 nitrogen and oxygen atoms in total. The van der Waals surface area contributed by atoms with Crippen LogP contribution in [0.4, 0.5) is 0 Å². The first-order valence-corrected chi connectivity index (χ1v) is 9.84. The third-order valence-electron chi connectivity index (χ3n) is 4.44. The van der Waals surface area contributed by atoms with Gasteiger partial charge in [-0.1, -0.05) is 60.7 Å². The maximum Gasteiger partial charge on any atom is 0.343 e. The Labute approximate surface area is 176 Å². The summed E-state index contributed by atoms with van der Waals surface area (Å²) in [5.74, 6) is -2.65. The summed E-state index contributed by atoms with van der Waals surface area (Å²) in [4.78, 5) is 37.4. The molecule has 0 amide bonds. The molecule has 30 heavy (non-hydrogen) atoms. The predicted molar refractivity (Wildman–Crippen MR) is 113 cm³/mol. The number of benzene rings is 2. The largest absolute Gasteiger partial charge is 0.462 e. The van der Waals surface area contributed by atoms with Crippen molar-refractivity contribution in [3.8, 4) is 0 Å². The molecule has 1 atom stereocenters. The van der Waals surface area contributed by atoms with Crippen molar-refractivity contribution in [3.63, 3.8) is 0 Å². The van der Waals surface area contributed by atoms with E-state index in [0.29, 0.717) is 6.54 Å². The first-order chi connectivity index (χ1) is 14.4. The van der Waals surface area contributed by atoms with Crippen LogP contribution >= 0.6 is 0 Å². The SMILES string of the molecule is CCOC(=O)C(C(C)=O)=C(NCc1ccccc1)C(C)C(=O)OCc1ccccc1. The summed E-state index contributed by atoms with van der Waals surface area (Å²) >= 11 is 0. The van der Waals surface area contributed by atoms with Crippen LogP contribution in [-0.4, -0.2) is 24.3 Å². The van der Waals surface area contributed by atoms with Crippen molar-refractivity contribution in [2.75, 3.05) is 6.61 Å². The molecule has 1 N–H and O–H groups in total. The third kappa shape index (κ3) is 6.58. The maximum atomic E-state index is 12.7. The maximum absolute atomic E-state index is 12.7. The minimum Gasteiger partial charge on any atom is -0.462 e. The van der Waals surface area contributed by atoms with Crippen molar-refractivity contribution in [1.29, 1.82) is 0 Å². The number of nitrogens with one attached hydrogen (secondary N) is 1. The van der Waals surface area contributed by atoms with Gasteiger partial charge in [0, 0.05) is 12.2 Å². The number of Topliss-reactive ketones (excluding diaryl/α,β-unsaturated/α-hetero) is 1. The van der Waals surface area contributed by atoms with Crippen LogP contribution in [0.25, 0.3) is 0 Å². The van der Waals surface area contributed by atoms with E-state index in [0.717, 1.165) is 11.1 Å². The normalized spacial score (nSPS) is 12.4. The molecule has 0 bridgehead atoms. The van der Waals surface area contributed by atoms with E-state index in [-0.39, 0.29) is 24.5 Å². The van der Waals surface area contributed by atoms with Gasteiger partial charge in [-0.15, -0.1) is 0 Å². The lowest BCUT2D eigenvalue weighted by molar-refractivity contribution is -0.148. The Bertz CT molecular complexity index is 890. The second-order valence-corrected chi connectivity index (χ2v) is 6.72. The minimum absolute atomic E-state index is 0.102. The number of esters is 2. The fraction of sp³-hybridized carbons (Fsp3) is 0.292. The van der Waals surface area contributed by atoms with Crippen molar-refractivity contribution in [1.82, 2.24) is 5.32 Å². The molecule has 0 aliphatic carbocycles. The zero-order valence-corrected chi connectivity index (χ0v) is 17.5. The second-order valence-electron chi connectivity index (χ2n) is 6.72. The Morgan fingerprint density at radius 2 is 1.47 bits per heavy atom. The van der Waals surface area contributed by atoms with Crippen LogP contribution in [0, 0.1) is 5.92 Å². The highest BCUT2D eigenvalue weighted by molar-refractivity contribution is 6.17. The van der Waals surface area contributed by atoms with Crippen molar-refractivity contribution in [2.45, 2.75) is 33.9 Å². The van der Waals surface area contributed by atoms with Crippen molar-refractivity contribution < 1.29 is 23.9 Å². The zero-order valence-electron chi connectivity index (χ0n) is 17.5. The fourth-order valence-electron chi connectivity index (χ4n) is 2.87. The van der Waals surface area contributed by atoms with Crippen molar-refractivity contribution in [3.05, 3.63) is 83.1 Å². The molecule has 0 aliphatic heterocycles. The third-order valence-corrected chi connectivity index (χ3v) is 4.44. The van der Waals surface area contributed by atoms with E-state index in [2.05, 4.69) is 5.32 Å². The highest BCUT2D eigenvalue weighted by atomic mass is 16.5. The van der Waals surface area contributed by atoms with Gasteiger partial charge in [-0.2, -0.15) is 0 Å². The lowest BCUT2D eigenvalue weighted by Crippen LogP contribution is -2.31. The molecule has 0 radical (unpaired) electrons. The van der Waals surface area contributed by atoms with Gasteiger partial charge in [0.15, 0.2) is 5.78 Å². The van der Waals surface area contributed by atoms with Crippen LogP contribution in [-0.2, 0) is 37.0 Å². The highest BCUT2D eigenvalue weighted by Gasteiger charge is 2.29. The highest BCUT2D eigenvalue weighted by Crippen LogP contribution is 2.19. The quantitative estimate of drug-likeness (QED) is 0.280. The zero-order chi connectivity index (χ0) is 21.9. The van der Waals surface area contributed by atoms with E-state index < -0.39 is 23.6 Å².